The van der Waals surface area contributed by atoms with E-state index in [1.165, 1.54) is 28.7 Å². The fourth-order valence-electron chi connectivity index (χ4n) is 5.92. The molecule has 0 unspecified atom stereocenters. The van der Waals surface area contributed by atoms with Gasteiger partial charge in [-0.05, 0) is 62.4 Å². The van der Waals surface area contributed by atoms with Crippen molar-refractivity contribution in [3.8, 4) is 16.9 Å². The Kier molecular flexibility index (Phi) is 6.37. The minimum absolute atomic E-state index is 0.0633. The molecule has 0 radical (unpaired) electrons. The van der Waals surface area contributed by atoms with Crippen LogP contribution >= 0.6 is 0 Å². The van der Waals surface area contributed by atoms with Crippen LogP contribution in [0.1, 0.15) is 77.3 Å². The molecule has 1 saturated carbocycles. The van der Waals surface area contributed by atoms with Crippen molar-refractivity contribution in [2.24, 2.45) is 0 Å². The van der Waals surface area contributed by atoms with E-state index in [-0.39, 0.29) is 29.5 Å². The molecule has 0 N–H and O–H groups in total. The largest absolute Gasteiger partial charge is 0.462 e. The molecular formula is C33H31FN6O3. The Labute approximate surface area is 247 Å². The SMILES string of the molecule is CCOC(=O)c1cnn(-c2ccc(-c3cc4nc(C(=O)N5CCc6ccccc6[C@H]5C)cc(C5(C)CC5)n4n3)c(F)c2)c1. The lowest BCUT2D eigenvalue weighted by atomic mass is 9.93. The molecule has 0 spiro atoms. The second-order valence-electron chi connectivity index (χ2n) is 11.6. The number of carbonyl (C=O) groups is 2. The molecule has 2 aliphatic rings. The lowest BCUT2D eigenvalue weighted by molar-refractivity contribution is 0.0526. The smallest absolute Gasteiger partial charge is 0.341 e. The fraction of sp³-hybridized carbons (Fsp3) is 0.303. The number of hydrogen-bond donors (Lipinski definition) is 0. The highest BCUT2D eigenvalue weighted by molar-refractivity contribution is 5.93. The zero-order valence-corrected chi connectivity index (χ0v) is 24.2. The molecule has 9 nitrogen and oxygen atoms in total. The van der Waals surface area contributed by atoms with Crippen molar-refractivity contribution < 1.29 is 18.7 Å². The minimum Gasteiger partial charge on any atom is -0.462 e. The third-order valence-electron chi connectivity index (χ3n) is 8.71. The summed E-state index contributed by atoms with van der Waals surface area (Å²) >= 11 is 0. The van der Waals surface area contributed by atoms with Gasteiger partial charge in [-0.1, -0.05) is 31.2 Å². The maximum Gasteiger partial charge on any atom is 0.341 e. The van der Waals surface area contributed by atoms with Crippen LogP contribution in [-0.4, -0.2) is 54.3 Å². The van der Waals surface area contributed by atoms with Crippen LogP contribution in [0.3, 0.4) is 0 Å². The van der Waals surface area contributed by atoms with Crippen molar-refractivity contribution in [2.75, 3.05) is 13.2 Å². The maximum atomic E-state index is 15.5. The van der Waals surface area contributed by atoms with Crippen LogP contribution in [-0.2, 0) is 16.6 Å². The summed E-state index contributed by atoms with van der Waals surface area (Å²) < 4.78 is 23.7. The van der Waals surface area contributed by atoms with Crippen molar-refractivity contribution in [1.82, 2.24) is 29.3 Å². The number of benzene rings is 2. The molecule has 1 amide bonds. The average molecular weight is 579 g/mol. The molecule has 1 fully saturated rings. The third kappa shape index (κ3) is 4.67. The molecule has 218 valence electrons. The van der Waals surface area contributed by atoms with Gasteiger partial charge in [0.05, 0.1) is 41.5 Å². The molecule has 1 aliphatic carbocycles. The topological polar surface area (TPSA) is 94.6 Å². The van der Waals surface area contributed by atoms with E-state index in [1.807, 2.05) is 23.1 Å². The number of hydrogen-bond acceptors (Lipinski definition) is 6. The van der Waals surface area contributed by atoms with Gasteiger partial charge >= 0.3 is 5.97 Å². The van der Waals surface area contributed by atoms with Gasteiger partial charge in [0.15, 0.2) is 5.65 Å². The van der Waals surface area contributed by atoms with E-state index >= 15 is 4.39 Å². The molecule has 0 bridgehead atoms. The van der Waals surface area contributed by atoms with Crippen molar-refractivity contribution in [2.45, 2.75) is 51.5 Å². The Morgan fingerprint density at radius 2 is 1.93 bits per heavy atom. The summed E-state index contributed by atoms with van der Waals surface area (Å²) in [4.78, 5) is 32.5. The van der Waals surface area contributed by atoms with Crippen LogP contribution in [0.2, 0.25) is 0 Å². The van der Waals surface area contributed by atoms with Gasteiger partial charge in [0.2, 0.25) is 0 Å². The highest BCUT2D eigenvalue weighted by atomic mass is 19.1. The van der Waals surface area contributed by atoms with Gasteiger partial charge in [0.1, 0.15) is 11.5 Å². The third-order valence-corrected chi connectivity index (χ3v) is 8.71. The Bertz CT molecular complexity index is 1910. The van der Waals surface area contributed by atoms with E-state index in [2.05, 4.69) is 31.1 Å². The first-order valence-electron chi connectivity index (χ1n) is 14.6. The van der Waals surface area contributed by atoms with E-state index in [9.17, 15) is 9.59 Å². The second-order valence-corrected chi connectivity index (χ2v) is 11.6. The van der Waals surface area contributed by atoms with E-state index in [4.69, 9.17) is 14.8 Å². The number of amides is 1. The number of aromatic nitrogens is 5. The van der Waals surface area contributed by atoms with Gasteiger partial charge in [0.25, 0.3) is 5.91 Å². The first-order chi connectivity index (χ1) is 20.8. The number of rotatable bonds is 6. The van der Waals surface area contributed by atoms with Crippen molar-refractivity contribution in [3.63, 3.8) is 0 Å². The highest BCUT2D eigenvalue weighted by Crippen LogP contribution is 2.48. The Balaban J connectivity index is 1.23. The second kappa shape index (κ2) is 10.1. The van der Waals surface area contributed by atoms with Gasteiger partial charge < -0.3 is 9.64 Å². The van der Waals surface area contributed by atoms with Gasteiger partial charge in [-0.15, -0.1) is 0 Å². The first-order valence-corrected chi connectivity index (χ1v) is 14.6. The lowest BCUT2D eigenvalue weighted by Gasteiger charge is -2.35. The molecular weight excluding hydrogens is 547 g/mol. The molecule has 10 heteroatoms. The molecule has 4 heterocycles. The van der Waals surface area contributed by atoms with Gasteiger partial charge in [-0.25, -0.2) is 23.4 Å². The molecule has 2 aromatic carbocycles. The Morgan fingerprint density at radius 3 is 2.70 bits per heavy atom. The van der Waals surface area contributed by atoms with Gasteiger partial charge in [0, 0.05) is 35.9 Å². The fourth-order valence-corrected chi connectivity index (χ4v) is 5.92. The molecule has 0 saturated heterocycles. The summed E-state index contributed by atoms with van der Waals surface area (Å²) in [5.74, 6) is -1.10. The summed E-state index contributed by atoms with van der Waals surface area (Å²) in [6, 6.07) is 16.5. The number of halogens is 1. The van der Waals surface area contributed by atoms with Crippen LogP contribution in [0, 0.1) is 5.82 Å². The average Bonchev–Trinajstić information content (AvgIpc) is 3.39. The number of esters is 1. The van der Waals surface area contributed by atoms with E-state index in [1.54, 1.807) is 29.6 Å². The minimum atomic E-state index is -0.495. The number of ether oxygens (including phenoxy) is 1. The van der Waals surface area contributed by atoms with Crippen LogP contribution in [0.25, 0.3) is 22.6 Å². The summed E-state index contributed by atoms with van der Waals surface area (Å²) in [5, 5.41) is 8.94. The van der Waals surface area contributed by atoms with E-state index in [0.717, 1.165) is 30.5 Å². The highest BCUT2D eigenvalue weighted by Gasteiger charge is 2.42. The summed E-state index contributed by atoms with van der Waals surface area (Å²) in [5.41, 5.74) is 5.54. The van der Waals surface area contributed by atoms with Crippen LogP contribution in [0.15, 0.2) is 67.0 Å². The summed E-state index contributed by atoms with van der Waals surface area (Å²) in [6.45, 7) is 6.81. The van der Waals surface area contributed by atoms with Crippen molar-refractivity contribution in [1.29, 1.82) is 0 Å². The van der Waals surface area contributed by atoms with Gasteiger partial charge in [-0.3, -0.25) is 4.79 Å². The molecule has 1 atom stereocenters. The first kappa shape index (κ1) is 27.0. The van der Waals surface area contributed by atoms with E-state index in [0.29, 0.717) is 34.8 Å². The number of fused-ring (bicyclic) bond motifs is 2. The maximum absolute atomic E-state index is 15.5. The Morgan fingerprint density at radius 1 is 1.12 bits per heavy atom. The number of nitrogens with zero attached hydrogens (tertiary/aromatic N) is 6. The van der Waals surface area contributed by atoms with E-state index < -0.39 is 11.8 Å². The zero-order chi connectivity index (χ0) is 29.9. The lowest BCUT2D eigenvalue weighted by Crippen LogP contribution is -2.39. The molecule has 5 aromatic rings. The summed E-state index contributed by atoms with van der Waals surface area (Å²) in [6.07, 6.45) is 5.64. The van der Waals surface area contributed by atoms with Crippen molar-refractivity contribution in [3.05, 3.63) is 101 Å². The Hall–Kier alpha value is -4.86. The monoisotopic (exact) mass is 578 g/mol. The normalized spacial score (nSPS) is 17.1. The standard InChI is InChI=1S/C33H31FN6O3/c1-4-43-32(42)22-18-35-39(19-22)23-9-10-25(26(34)15-23)27-17-30-36-28(16-29(40(30)37-27)33(3)12-13-33)31(41)38-14-11-21-7-5-6-8-24(21)20(38)2/h5-10,15-20H,4,11-14H2,1-3H3/t20-/m1/s1. The molecule has 1 aliphatic heterocycles. The molecule has 3 aromatic heterocycles. The van der Waals surface area contributed by atoms with Gasteiger partial charge in [-0.2, -0.15) is 10.2 Å². The van der Waals surface area contributed by atoms with Crippen LogP contribution in [0.4, 0.5) is 4.39 Å². The quantitative estimate of drug-likeness (QED) is 0.240. The predicted molar refractivity (Wildman–Crippen MR) is 158 cm³/mol. The van der Waals surface area contributed by atoms with Crippen LogP contribution in [0.5, 0.6) is 0 Å². The molecule has 7 rings (SSSR count). The zero-order valence-electron chi connectivity index (χ0n) is 24.2. The predicted octanol–water partition coefficient (Wildman–Crippen LogP) is 5.71. The number of carbonyl (C=O) groups excluding carboxylic acids is 2. The molecule has 43 heavy (non-hydrogen) atoms. The van der Waals surface area contributed by atoms with Crippen LogP contribution < -0.4 is 0 Å². The van der Waals surface area contributed by atoms with Crippen molar-refractivity contribution >= 4 is 17.5 Å². The summed E-state index contributed by atoms with van der Waals surface area (Å²) in [7, 11) is 0.